The van der Waals surface area contributed by atoms with Crippen LogP contribution in [0.2, 0.25) is 0 Å². The molecule has 7 aromatic carbocycles. The number of nitrogens with one attached hydrogen (secondary N) is 1. The molecule has 0 aromatic heterocycles. The van der Waals surface area contributed by atoms with Crippen molar-refractivity contribution < 1.29 is 4.74 Å². The number of hydrogen-bond acceptors (Lipinski definition) is 4. The minimum absolute atomic E-state index is 0.0574. The van der Waals surface area contributed by atoms with Crippen LogP contribution >= 0.6 is 0 Å². The highest BCUT2D eigenvalue weighted by molar-refractivity contribution is 6.16. The van der Waals surface area contributed by atoms with Crippen molar-refractivity contribution in [2.24, 2.45) is 9.98 Å². The van der Waals surface area contributed by atoms with Crippen LogP contribution in [-0.2, 0) is 0 Å². The first-order chi connectivity index (χ1) is 24.2. The second kappa shape index (κ2) is 11.2. The Morgan fingerprint density at radius 3 is 1.76 bits per heavy atom. The summed E-state index contributed by atoms with van der Waals surface area (Å²) in [6.07, 6.45) is 6.35. The quantitative estimate of drug-likeness (QED) is 0.211. The lowest BCUT2D eigenvalue weighted by molar-refractivity contribution is 0.269. The van der Waals surface area contributed by atoms with Gasteiger partial charge in [-0.15, -0.1) is 0 Å². The molecule has 0 saturated heterocycles. The van der Waals surface area contributed by atoms with Crippen molar-refractivity contribution >= 4 is 49.6 Å². The van der Waals surface area contributed by atoms with Gasteiger partial charge in [0.25, 0.3) is 0 Å². The van der Waals surface area contributed by atoms with Crippen LogP contribution in [0.1, 0.15) is 39.9 Å². The molecular formula is C45H31N3O. The summed E-state index contributed by atoms with van der Waals surface area (Å²) in [5.74, 6) is 2.65. The van der Waals surface area contributed by atoms with Crippen LogP contribution in [0, 0.1) is 0 Å². The zero-order valence-corrected chi connectivity index (χ0v) is 26.6. The molecule has 0 radical (unpaired) electrons. The lowest BCUT2D eigenvalue weighted by Gasteiger charge is -2.23. The normalized spacial score (nSPS) is 19.4. The summed E-state index contributed by atoms with van der Waals surface area (Å²) in [6, 6.07) is 51.5. The molecule has 1 aliphatic carbocycles. The van der Waals surface area contributed by atoms with E-state index in [1.807, 2.05) is 0 Å². The minimum atomic E-state index is -0.394. The summed E-state index contributed by atoms with van der Waals surface area (Å²) >= 11 is 0. The van der Waals surface area contributed by atoms with Gasteiger partial charge in [-0.3, -0.25) is 0 Å². The van der Waals surface area contributed by atoms with E-state index >= 15 is 0 Å². The number of rotatable bonds is 4. The van der Waals surface area contributed by atoms with Crippen molar-refractivity contribution in [1.29, 1.82) is 0 Å². The molecule has 4 nitrogen and oxygen atoms in total. The lowest BCUT2D eigenvalue weighted by atomic mass is 9.87. The van der Waals surface area contributed by atoms with E-state index in [1.165, 1.54) is 49.0 Å². The van der Waals surface area contributed by atoms with Gasteiger partial charge in [0.2, 0.25) is 0 Å². The molecule has 10 rings (SSSR count). The van der Waals surface area contributed by atoms with Crippen molar-refractivity contribution in [1.82, 2.24) is 5.32 Å². The van der Waals surface area contributed by atoms with Gasteiger partial charge in [-0.25, -0.2) is 9.98 Å². The van der Waals surface area contributed by atoms with Crippen molar-refractivity contribution in [2.45, 2.75) is 18.2 Å². The number of fused-ring (bicyclic) bond motifs is 6. The molecule has 2 aliphatic heterocycles. The molecule has 0 amide bonds. The number of allylic oxidation sites excluding steroid dienone is 2. The third-order valence-corrected chi connectivity index (χ3v) is 10.0. The maximum atomic E-state index is 6.66. The Bertz CT molecular complexity index is 2590. The van der Waals surface area contributed by atoms with Gasteiger partial charge in [0.1, 0.15) is 23.5 Å². The summed E-state index contributed by atoms with van der Waals surface area (Å²) < 4.78 is 6.66. The number of hydrogen-bond donors (Lipinski definition) is 1. The number of amidine groups is 2. The van der Waals surface area contributed by atoms with Gasteiger partial charge in [-0.1, -0.05) is 133 Å². The van der Waals surface area contributed by atoms with E-state index < -0.39 is 6.17 Å². The van der Waals surface area contributed by atoms with E-state index in [2.05, 4.69) is 169 Å². The average molecular weight is 630 g/mol. The second-order valence-corrected chi connectivity index (χ2v) is 13.0. The topological polar surface area (TPSA) is 46.0 Å². The molecule has 0 spiro atoms. The van der Waals surface area contributed by atoms with Crippen LogP contribution in [0.15, 0.2) is 174 Å². The summed E-state index contributed by atoms with van der Waals surface area (Å²) in [4.78, 5) is 10.4. The summed E-state index contributed by atoms with van der Waals surface area (Å²) in [7, 11) is 0. The fraction of sp³-hybridized carbons (Fsp3) is 0.0667. The first-order valence-electron chi connectivity index (χ1n) is 16.8. The summed E-state index contributed by atoms with van der Waals surface area (Å²) in [6.45, 7) is 0. The van der Waals surface area contributed by atoms with Crippen LogP contribution in [0.25, 0.3) is 37.9 Å². The Morgan fingerprint density at radius 1 is 0.510 bits per heavy atom. The molecule has 232 valence electrons. The summed E-state index contributed by atoms with van der Waals surface area (Å²) in [5, 5.41) is 10.8. The van der Waals surface area contributed by atoms with Crippen LogP contribution < -0.4 is 10.1 Å². The first kappa shape index (κ1) is 27.8. The Hall–Kier alpha value is -6.26. The molecule has 2 heterocycles. The maximum absolute atomic E-state index is 6.66. The average Bonchev–Trinajstić information content (AvgIpc) is 3.54. The summed E-state index contributed by atoms with van der Waals surface area (Å²) in [5.41, 5.74) is 6.64. The van der Waals surface area contributed by atoms with Crippen LogP contribution in [0.5, 0.6) is 5.75 Å². The molecule has 1 N–H and O–H groups in total. The molecule has 3 unspecified atom stereocenters. The van der Waals surface area contributed by atoms with Crippen LogP contribution in [-0.4, -0.2) is 17.8 Å². The number of aliphatic imine (C=N–C) groups is 2. The van der Waals surface area contributed by atoms with E-state index in [4.69, 9.17) is 14.7 Å². The van der Waals surface area contributed by atoms with Gasteiger partial charge in [-0.2, -0.15) is 0 Å². The standard InChI is InChI=1S/C45H31N3O/c1-4-10-31-23-34(16-13-28(31)7-1)35-19-21-39-40-22-20-38(27-42(40)49-41(39)26-35)45-47-43(36-17-14-29-8-2-5-11-32(29)24-36)46-44(48-45)37-18-15-30-9-3-6-12-33(30)25-37/h1-27,39,41,43H,(H,46,47,48). The Morgan fingerprint density at radius 2 is 1.06 bits per heavy atom. The van der Waals surface area contributed by atoms with Crippen LogP contribution in [0.4, 0.5) is 0 Å². The fourth-order valence-corrected chi connectivity index (χ4v) is 7.41. The molecule has 7 aromatic rings. The van der Waals surface area contributed by atoms with Gasteiger partial charge < -0.3 is 10.1 Å². The first-order valence-corrected chi connectivity index (χ1v) is 16.8. The van der Waals surface area contributed by atoms with Gasteiger partial charge in [-0.05, 0) is 79.4 Å². The van der Waals surface area contributed by atoms with Gasteiger partial charge >= 0.3 is 0 Å². The maximum Gasteiger partial charge on any atom is 0.169 e. The SMILES string of the molecule is C1=CC2c3ccc(C4=NC(c5ccc6ccccc6c5)N=C(c5ccc6ccccc6c5)N4)cc3OC2C=C1c1ccc2ccccc2c1. The minimum Gasteiger partial charge on any atom is -0.485 e. The third-order valence-electron chi connectivity index (χ3n) is 10.0. The van der Waals surface area contributed by atoms with Gasteiger partial charge in [0.05, 0.1) is 0 Å². The molecular weight excluding hydrogens is 599 g/mol. The van der Waals surface area contributed by atoms with Crippen LogP contribution in [0.3, 0.4) is 0 Å². The Balaban J connectivity index is 1.00. The lowest BCUT2D eigenvalue weighted by Crippen LogP contribution is -2.36. The molecule has 0 saturated carbocycles. The van der Waals surface area contributed by atoms with E-state index in [1.54, 1.807) is 0 Å². The van der Waals surface area contributed by atoms with Crippen molar-refractivity contribution in [3.63, 3.8) is 0 Å². The molecule has 0 bridgehead atoms. The smallest absolute Gasteiger partial charge is 0.169 e. The van der Waals surface area contributed by atoms with Crippen molar-refractivity contribution in [3.8, 4) is 5.75 Å². The largest absolute Gasteiger partial charge is 0.485 e. The number of nitrogens with zero attached hydrogens (tertiary/aromatic N) is 2. The van der Waals surface area contributed by atoms with E-state index in [0.717, 1.165) is 34.1 Å². The van der Waals surface area contributed by atoms with Crippen molar-refractivity contribution in [3.05, 3.63) is 192 Å². The zero-order valence-electron chi connectivity index (χ0n) is 26.6. The van der Waals surface area contributed by atoms with E-state index in [9.17, 15) is 0 Å². The molecule has 4 heteroatoms. The zero-order chi connectivity index (χ0) is 32.3. The molecule has 3 atom stereocenters. The fourth-order valence-electron chi connectivity index (χ4n) is 7.41. The monoisotopic (exact) mass is 629 g/mol. The highest BCUT2D eigenvalue weighted by atomic mass is 16.5. The predicted molar refractivity (Wildman–Crippen MR) is 202 cm³/mol. The van der Waals surface area contributed by atoms with Gasteiger partial charge in [0.15, 0.2) is 6.17 Å². The highest BCUT2D eigenvalue weighted by Gasteiger charge is 2.34. The Kier molecular flexibility index (Phi) is 6.34. The number of ether oxygens (including phenoxy) is 1. The van der Waals surface area contributed by atoms with E-state index in [0.29, 0.717) is 0 Å². The molecule has 3 aliphatic rings. The molecule has 0 fully saturated rings. The predicted octanol–water partition coefficient (Wildman–Crippen LogP) is 10.1. The highest BCUT2D eigenvalue weighted by Crippen LogP contribution is 2.44. The second-order valence-electron chi connectivity index (χ2n) is 13.0. The van der Waals surface area contributed by atoms with Crippen molar-refractivity contribution in [2.75, 3.05) is 0 Å². The van der Waals surface area contributed by atoms with Gasteiger partial charge in [0, 0.05) is 22.6 Å². The third kappa shape index (κ3) is 4.92. The van der Waals surface area contributed by atoms with E-state index in [-0.39, 0.29) is 12.0 Å². The Labute approximate surface area is 284 Å². The number of benzene rings is 7. The molecule has 49 heavy (non-hydrogen) atoms.